The summed E-state index contributed by atoms with van der Waals surface area (Å²) in [5.41, 5.74) is 0.936. The van der Waals surface area contributed by atoms with E-state index in [0.29, 0.717) is 16.3 Å². The van der Waals surface area contributed by atoms with Crippen molar-refractivity contribution in [1.82, 2.24) is 9.97 Å². The quantitative estimate of drug-likeness (QED) is 0.333. The van der Waals surface area contributed by atoms with Crippen molar-refractivity contribution in [1.29, 1.82) is 0 Å². The van der Waals surface area contributed by atoms with Gasteiger partial charge in [-0.1, -0.05) is 0 Å². The number of carbonyl (C=O) groups excluding carboxylic acids is 1. The number of hydrogen-bond acceptors (Lipinski definition) is 9. The lowest BCUT2D eigenvalue weighted by atomic mass is 10.3. The molecule has 10 nitrogen and oxygen atoms in total. The number of rotatable bonds is 7. The van der Waals surface area contributed by atoms with Crippen LogP contribution in [0.25, 0.3) is 0 Å². The number of benzene rings is 1. The summed E-state index contributed by atoms with van der Waals surface area (Å²) < 4.78 is 37.3. The summed E-state index contributed by atoms with van der Waals surface area (Å²) in [5.74, 6) is -0.158. The number of sulfonamides is 1. The number of thiocarbonyl (C=S) groups is 1. The van der Waals surface area contributed by atoms with Crippen LogP contribution in [0.3, 0.4) is 0 Å². The summed E-state index contributed by atoms with van der Waals surface area (Å²) in [6, 6.07) is 9.03. The van der Waals surface area contributed by atoms with Crippen molar-refractivity contribution in [3.05, 3.63) is 53.2 Å². The highest BCUT2D eigenvalue weighted by atomic mass is 32.2. The van der Waals surface area contributed by atoms with Gasteiger partial charge in [-0.25, -0.2) is 23.2 Å². The summed E-state index contributed by atoms with van der Waals surface area (Å²) in [4.78, 5) is 20.5. The second kappa shape index (κ2) is 9.89. The molecule has 0 spiro atoms. The highest BCUT2D eigenvalue weighted by molar-refractivity contribution is 7.92. The van der Waals surface area contributed by atoms with E-state index in [1.165, 1.54) is 50.1 Å². The molecular weight excluding hydrogens is 474 g/mol. The standard InChI is InChI=1S/C19H19N5O5S3/c1-11-8-14(18(25)29-3)17(31-11)23-19(30)22-12-4-6-13(7-5-12)32(26,27)24-15-9-16(28-2)21-10-20-15/h4-10H,1-3H3,(H,20,21,24)(H2,22,23,30). The molecule has 0 fully saturated rings. The number of methoxy groups -OCH3 is 2. The Balaban J connectivity index is 1.68. The van der Waals surface area contributed by atoms with E-state index in [1.54, 1.807) is 18.2 Å². The number of thiophene rings is 1. The van der Waals surface area contributed by atoms with E-state index in [9.17, 15) is 13.2 Å². The van der Waals surface area contributed by atoms with E-state index in [2.05, 4.69) is 25.3 Å². The molecular formula is C19H19N5O5S3. The fourth-order valence-corrected chi connectivity index (χ4v) is 4.74. The Kier molecular flexibility index (Phi) is 7.22. The number of nitrogens with zero attached hydrogens (tertiary/aromatic N) is 2. The zero-order valence-corrected chi connectivity index (χ0v) is 19.7. The van der Waals surface area contributed by atoms with Crippen LogP contribution >= 0.6 is 23.6 Å². The molecule has 3 rings (SSSR count). The summed E-state index contributed by atoms with van der Waals surface area (Å²) in [6.45, 7) is 1.86. The first kappa shape index (κ1) is 23.4. The van der Waals surface area contributed by atoms with Crippen molar-refractivity contribution in [3.63, 3.8) is 0 Å². The number of carbonyl (C=O) groups is 1. The molecule has 0 atom stereocenters. The van der Waals surface area contributed by atoms with Crippen LogP contribution < -0.4 is 20.1 Å². The lowest BCUT2D eigenvalue weighted by Gasteiger charge is -2.12. The van der Waals surface area contributed by atoms with Gasteiger partial charge in [-0.15, -0.1) is 11.3 Å². The maximum absolute atomic E-state index is 12.6. The molecule has 168 valence electrons. The van der Waals surface area contributed by atoms with Gasteiger partial charge >= 0.3 is 5.97 Å². The fourth-order valence-electron chi connectivity index (χ4n) is 2.56. The van der Waals surface area contributed by atoms with Crippen molar-refractivity contribution in [2.45, 2.75) is 11.8 Å². The van der Waals surface area contributed by atoms with Crippen molar-refractivity contribution in [3.8, 4) is 5.88 Å². The molecule has 0 aliphatic carbocycles. The average Bonchev–Trinajstić information content (AvgIpc) is 3.13. The van der Waals surface area contributed by atoms with Crippen LogP contribution in [0, 0.1) is 6.92 Å². The van der Waals surface area contributed by atoms with Crippen LogP contribution in [-0.4, -0.2) is 43.7 Å². The van der Waals surface area contributed by atoms with E-state index in [0.717, 1.165) is 4.88 Å². The lowest BCUT2D eigenvalue weighted by molar-refractivity contribution is 0.0602. The Morgan fingerprint density at radius 2 is 1.81 bits per heavy atom. The van der Waals surface area contributed by atoms with E-state index in [-0.39, 0.29) is 21.7 Å². The number of aryl methyl sites for hydroxylation is 1. The topological polar surface area (TPSA) is 132 Å². The van der Waals surface area contributed by atoms with Crippen molar-refractivity contribution < 1.29 is 22.7 Å². The summed E-state index contributed by atoms with van der Waals surface area (Å²) >= 11 is 6.66. The Morgan fingerprint density at radius 3 is 2.47 bits per heavy atom. The van der Waals surface area contributed by atoms with Gasteiger partial charge in [0.05, 0.1) is 24.7 Å². The van der Waals surface area contributed by atoms with Crippen molar-refractivity contribution in [2.75, 3.05) is 29.6 Å². The third-order valence-corrected chi connectivity index (χ3v) is 6.54. The number of esters is 1. The highest BCUT2D eigenvalue weighted by Crippen LogP contribution is 2.28. The van der Waals surface area contributed by atoms with Gasteiger partial charge in [-0.2, -0.15) is 0 Å². The Hall–Kier alpha value is -3.29. The van der Waals surface area contributed by atoms with E-state index < -0.39 is 16.0 Å². The highest BCUT2D eigenvalue weighted by Gasteiger charge is 2.17. The minimum atomic E-state index is -3.87. The molecule has 0 saturated heterocycles. The van der Waals surface area contributed by atoms with Gasteiger partial charge in [0, 0.05) is 16.6 Å². The Labute approximate surface area is 194 Å². The molecule has 0 saturated carbocycles. The normalized spacial score (nSPS) is 10.8. The molecule has 32 heavy (non-hydrogen) atoms. The zero-order chi connectivity index (χ0) is 23.3. The third-order valence-electron chi connectivity index (χ3n) is 4.00. The predicted molar refractivity (Wildman–Crippen MR) is 126 cm³/mol. The molecule has 2 heterocycles. The number of aromatic nitrogens is 2. The second-order valence-electron chi connectivity index (χ2n) is 6.25. The molecule has 2 aromatic heterocycles. The Bertz CT molecular complexity index is 1240. The molecule has 13 heteroatoms. The molecule has 0 amide bonds. The van der Waals surface area contributed by atoms with E-state index >= 15 is 0 Å². The molecule has 0 aliphatic heterocycles. The molecule has 3 aromatic rings. The average molecular weight is 494 g/mol. The molecule has 0 radical (unpaired) electrons. The smallest absolute Gasteiger partial charge is 0.340 e. The van der Waals surface area contributed by atoms with Crippen LogP contribution in [0.5, 0.6) is 5.88 Å². The van der Waals surface area contributed by atoms with E-state index in [4.69, 9.17) is 21.7 Å². The Morgan fingerprint density at radius 1 is 1.09 bits per heavy atom. The van der Waals surface area contributed by atoms with Gasteiger partial charge in [0.15, 0.2) is 5.11 Å². The number of ether oxygens (including phenoxy) is 2. The van der Waals surface area contributed by atoms with Crippen molar-refractivity contribution in [2.24, 2.45) is 0 Å². The van der Waals surface area contributed by atoms with Crippen LogP contribution in [0.4, 0.5) is 16.5 Å². The maximum Gasteiger partial charge on any atom is 0.340 e. The first-order valence-corrected chi connectivity index (χ1v) is 11.7. The van der Waals surface area contributed by atoms with Gasteiger partial charge in [0.25, 0.3) is 10.0 Å². The van der Waals surface area contributed by atoms with Gasteiger partial charge in [-0.05, 0) is 49.5 Å². The third kappa shape index (κ3) is 5.69. The first-order valence-electron chi connectivity index (χ1n) is 8.97. The van der Waals surface area contributed by atoms with Gasteiger partial charge < -0.3 is 20.1 Å². The van der Waals surface area contributed by atoms with Gasteiger partial charge in [0.2, 0.25) is 5.88 Å². The second-order valence-corrected chi connectivity index (χ2v) is 9.59. The molecule has 0 aliphatic rings. The lowest BCUT2D eigenvalue weighted by Crippen LogP contribution is -2.20. The van der Waals surface area contributed by atoms with Crippen LogP contribution in [0.1, 0.15) is 15.2 Å². The predicted octanol–water partition coefficient (Wildman–Crippen LogP) is 3.25. The van der Waals surface area contributed by atoms with Crippen LogP contribution in [0.15, 0.2) is 47.6 Å². The number of hydrogen-bond donors (Lipinski definition) is 3. The number of anilines is 3. The monoisotopic (exact) mass is 493 g/mol. The molecule has 3 N–H and O–H groups in total. The SMILES string of the molecule is COC(=O)c1cc(C)sc1NC(=S)Nc1ccc(S(=O)(=O)Nc2cc(OC)ncn2)cc1. The maximum atomic E-state index is 12.6. The number of nitrogens with one attached hydrogen (secondary N) is 3. The van der Waals surface area contributed by atoms with E-state index in [1.807, 2.05) is 6.92 Å². The summed E-state index contributed by atoms with van der Waals surface area (Å²) in [5, 5.41) is 6.70. The first-order chi connectivity index (χ1) is 15.2. The largest absolute Gasteiger partial charge is 0.481 e. The summed E-state index contributed by atoms with van der Waals surface area (Å²) in [6.07, 6.45) is 1.19. The van der Waals surface area contributed by atoms with Gasteiger partial charge in [0.1, 0.15) is 17.1 Å². The molecule has 0 bridgehead atoms. The zero-order valence-electron chi connectivity index (χ0n) is 17.2. The minimum Gasteiger partial charge on any atom is -0.481 e. The van der Waals surface area contributed by atoms with Crippen molar-refractivity contribution >= 4 is 61.2 Å². The fraction of sp³-hybridized carbons (Fsp3) is 0.158. The van der Waals surface area contributed by atoms with Gasteiger partial charge in [-0.3, -0.25) is 4.72 Å². The summed E-state index contributed by atoms with van der Waals surface area (Å²) in [7, 11) is -1.14. The van der Waals surface area contributed by atoms with Crippen LogP contribution in [0.2, 0.25) is 0 Å². The van der Waals surface area contributed by atoms with Crippen LogP contribution in [-0.2, 0) is 14.8 Å². The molecule has 0 unspecified atom stereocenters. The minimum absolute atomic E-state index is 0.0290. The molecule has 1 aromatic carbocycles.